The molecule has 12 aromatic rings. The van der Waals surface area contributed by atoms with E-state index in [4.69, 9.17) is 9.40 Å². The molecule has 0 aliphatic carbocycles. The van der Waals surface area contributed by atoms with Crippen molar-refractivity contribution in [1.29, 1.82) is 0 Å². The highest BCUT2D eigenvalue weighted by molar-refractivity contribution is 6.29. The van der Waals surface area contributed by atoms with E-state index in [0.29, 0.717) is 5.89 Å². The molecule has 0 unspecified atom stereocenters. The Labute approximate surface area is 340 Å². The molecule has 2 aromatic heterocycles. The van der Waals surface area contributed by atoms with E-state index in [9.17, 15) is 0 Å². The number of fused-ring (bicyclic) bond motifs is 10. The van der Waals surface area contributed by atoms with Gasteiger partial charge in [-0.15, -0.1) is 0 Å². The van der Waals surface area contributed by atoms with Crippen molar-refractivity contribution >= 4 is 82.3 Å². The van der Waals surface area contributed by atoms with E-state index in [1.807, 2.05) is 30.3 Å². The van der Waals surface area contributed by atoms with Crippen LogP contribution < -0.4 is 4.90 Å². The van der Waals surface area contributed by atoms with Crippen LogP contribution in [0.15, 0.2) is 217 Å². The molecule has 0 saturated carbocycles. The number of hydrogen-bond acceptors (Lipinski definition) is 3. The van der Waals surface area contributed by atoms with E-state index < -0.39 is 0 Å². The number of para-hydroxylation sites is 2. The predicted molar refractivity (Wildman–Crippen MR) is 246 cm³/mol. The van der Waals surface area contributed by atoms with Crippen LogP contribution in [0.2, 0.25) is 0 Å². The summed E-state index contributed by atoms with van der Waals surface area (Å²) in [4.78, 5) is 7.43. The standard InChI is InChI=1S/C55H35N3O/c1-4-14-36(15-5-1)37-24-28-42(29-25-37)57(43-30-33-50-47(35-43)45-22-12-13-23-49(45)58(50)41-19-8-3-9-20-41)51-34-40-18-10-11-21-44(40)53-46(51)31-26-38-27-32-48-54(52(38)53)59-55(56-48)39-16-6-2-7-17-39/h1-35H. The molecule has 10 aromatic carbocycles. The first kappa shape index (κ1) is 33.2. The van der Waals surface area contributed by atoms with Crippen molar-refractivity contribution in [3.63, 3.8) is 0 Å². The molecule has 0 aliphatic heterocycles. The van der Waals surface area contributed by atoms with Gasteiger partial charge < -0.3 is 13.9 Å². The Balaban J connectivity index is 1.15. The van der Waals surface area contributed by atoms with Crippen LogP contribution in [0.5, 0.6) is 0 Å². The largest absolute Gasteiger partial charge is 0.435 e. The second kappa shape index (κ2) is 13.3. The van der Waals surface area contributed by atoms with Gasteiger partial charge in [0.2, 0.25) is 5.89 Å². The third-order valence-electron chi connectivity index (χ3n) is 11.8. The van der Waals surface area contributed by atoms with Crippen molar-refractivity contribution in [2.75, 3.05) is 4.90 Å². The van der Waals surface area contributed by atoms with Crippen LogP contribution in [0, 0.1) is 0 Å². The number of aromatic nitrogens is 2. The van der Waals surface area contributed by atoms with Gasteiger partial charge in [0.05, 0.1) is 16.7 Å². The van der Waals surface area contributed by atoms with Crippen molar-refractivity contribution in [1.82, 2.24) is 9.55 Å². The average Bonchev–Trinajstić information content (AvgIpc) is 3.90. The lowest BCUT2D eigenvalue weighted by atomic mass is 9.93. The van der Waals surface area contributed by atoms with Crippen LogP contribution >= 0.6 is 0 Å². The summed E-state index contributed by atoms with van der Waals surface area (Å²) in [6, 6.07) is 75.8. The zero-order valence-electron chi connectivity index (χ0n) is 32.0. The van der Waals surface area contributed by atoms with Crippen LogP contribution in [-0.2, 0) is 0 Å². The van der Waals surface area contributed by atoms with E-state index >= 15 is 0 Å². The molecule has 59 heavy (non-hydrogen) atoms. The zero-order chi connectivity index (χ0) is 38.9. The normalized spacial score (nSPS) is 11.7. The Morgan fingerprint density at radius 3 is 1.83 bits per heavy atom. The SMILES string of the molecule is c1ccc(-c2ccc(N(c3ccc4c(c3)c3ccccc3n4-c3ccccc3)c3cc4ccccc4c4c3ccc3ccc5nc(-c6ccccc6)oc5c34)cc2)cc1. The summed E-state index contributed by atoms with van der Waals surface area (Å²) < 4.78 is 9.12. The van der Waals surface area contributed by atoms with Gasteiger partial charge in [-0.25, -0.2) is 4.98 Å². The maximum atomic E-state index is 6.75. The highest BCUT2D eigenvalue weighted by Crippen LogP contribution is 2.47. The Bertz CT molecular complexity index is 3530. The lowest BCUT2D eigenvalue weighted by molar-refractivity contribution is 0.623. The van der Waals surface area contributed by atoms with Crippen molar-refractivity contribution < 1.29 is 4.42 Å². The molecule has 0 bridgehead atoms. The van der Waals surface area contributed by atoms with Gasteiger partial charge in [0.1, 0.15) is 5.52 Å². The Morgan fingerprint density at radius 1 is 0.407 bits per heavy atom. The third kappa shape index (κ3) is 5.34. The average molecular weight is 754 g/mol. The van der Waals surface area contributed by atoms with Crippen LogP contribution in [-0.4, -0.2) is 9.55 Å². The smallest absolute Gasteiger partial charge is 0.227 e. The number of benzene rings is 10. The lowest BCUT2D eigenvalue weighted by Gasteiger charge is -2.28. The maximum Gasteiger partial charge on any atom is 0.227 e. The van der Waals surface area contributed by atoms with Gasteiger partial charge in [0.15, 0.2) is 5.58 Å². The fraction of sp³-hybridized carbons (Fsp3) is 0. The first-order valence-electron chi connectivity index (χ1n) is 20.0. The van der Waals surface area contributed by atoms with Gasteiger partial charge in [-0.1, -0.05) is 140 Å². The molecular weight excluding hydrogens is 719 g/mol. The van der Waals surface area contributed by atoms with Gasteiger partial charge >= 0.3 is 0 Å². The summed E-state index contributed by atoms with van der Waals surface area (Å²) in [6.07, 6.45) is 0. The summed E-state index contributed by atoms with van der Waals surface area (Å²) in [7, 11) is 0. The van der Waals surface area contributed by atoms with Crippen molar-refractivity contribution in [2.45, 2.75) is 0 Å². The van der Waals surface area contributed by atoms with E-state index in [-0.39, 0.29) is 0 Å². The minimum atomic E-state index is 0.619. The van der Waals surface area contributed by atoms with Crippen LogP contribution in [0.3, 0.4) is 0 Å². The fourth-order valence-electron chi connectivity index (χ4n) is 9.07. The third-order valence-corrected chi connectivity index (χ3v) is 11.8. The Hall–Kier alpha value is -7.95. The first-order valence-corrected chi connectivity index (χ1v) is 20.0. The highest BCUT2D eigenvalue weighted by atomic mass is 16.3. The number of oxazole rings is 1. The molecular formula is C55H35N3O. The molecule has 276 valence electrons. The molecule has 12 rings (SSSR count). The second-order valence-corrected chi connectivity index (χ2v) is 15.1. The molecule has 0 saturated heterocycles. The van der Waals surface area contributed by atoms with E-state index in [1.165, 1.54) is 32.8 Å². The number of hydrogen-bond donors (Lipinski definition) is 0. The summed E-state index contributed by atoms with van der Waals surface area (Å²) in [6.45, 7) is 0. The quantitative estimate of drug-likeness (QED) is 0.159. The molecule has 4 nitrogen and oxygen atoms in total. The number of rotatable bonds is 6. The van der Waals surface area contributed by atoms with Gasteiger partial charge in [0, 0.05) is 49.6 Å². The number of nitrogens with zero attached hydrogens (tertiary/aromatic N) is 3. The maximum absolute atomic E-state index is 6.75. The van der Waals surface area contributed by atoms with Gasteiger partial charge in [-0.2, -0.15) is 0 Å². The van der Waals surface area contributed by atoms with Crippen molar-refractivity contribution in [3.05, 3.63) is 212 Å². The monoisotopic (exact) mass is 753 g/mol. The van der Waals surface area contributed by atoms with E-state index in [0.717, 1.165) is 71.9 Å². The Kier molecular flexibility index (Phi) is 7.50. The highest BCUT2D eigenvalue weighted by Gasteiger charge is 2.23. The number of anilines is 3. The zero-order valence-corrected chi connectivity index (χ0v) is 32.0. The topological polar surface area (TPSA) is 34.2 Å². The van der Waals surface area contributed by atoms with Gasteiger partial charge in [-0.3, -0.25) is 0 Å². The molecule has 0 aliphatic rings. The molecule has 0 atom stereocenters. The lowest BCUT2D eigenvalue weighted by Crippen LogP contribution is -2.11. The molecule has 2 heterocycles. The first-order chi connectivity index (χ1) is 29.3. The van der Waals surface area contributed by atoms with Crippen LogP contribution in [0.25, 0.3) is 93.5 Å². The molecule has 0 spiro atoms. The fourth-order valence-corrected chi connectivity index (χ4v) is 9.07. The Morgan fingerprint density at radius 2 is 1.03 bits per heavy atom. The molecule has 0 amide bonds. The van der Waals surface area contributed by atoms with E-state index in [1.54, 1.807) is 0 Å². The van der Waals surface area contributed by atoms with Gasteiger partial charge in [0.25, 0.3) is 0 Å². The minimum absolute atomic E-state index is 0.619. The second-order valence-electron chi connectivity index (χ2n) is 15.1. The summed E-state index contributed by atoms with van der Waals surface area (Å²) in [5.41, 5.74) is 11.7. The van der Waals surface area contributed by atoms with Gasteiger partial charge in [-0.05, 0) is 100 Å². The predicted octanol–water partition coefficient (Wildman–Crippen LogP) is 15.2. The molecule has 0 fully saturated rings. The van der Waals surface area contributed by atoms with E-state index in [2.05, 4.69) is 191 Å². The summed E-state index contributed by atoms with van der Waals surface area (Å²) in [5.74, 6) is 0.619. The minimum Gasteiger partial charge on any atom is -0.435 e. The van der Waals surface area contributed by atoms with Crippen LogP contribution in [0.4, 0.5) is 17.1 Å². The molecule has 0 N–H and O–H groups in total. The van der Waals surface area contributed by atoms with Crippen molar-refractivity contribution in [3.8, 4) is 28.3 Å². The molecule has 4 heteroatoms. The summed E-state index contributed by atoms with van der Waals surface area (Å²) >= 11 is 0. The molecule has 0 radical (unpaired) electrons. The summed E-state index contributed by atoms with van der Waals surface area (Å²) in [5, 5.41) is 9.16. The van der Waals surface area contributed by atoms with Crippen LogP contribution in [0.1, 0.15) is 0 Å². The van der Waals surface area contributed by atoms with Crippen molar-refractivity contribution in [2.24, 2.45) is 0 Å².